The van der Waals surface area contributed by atoms with Crippen molar-refractivity contribution in [3.8, 4) is 11.3 Å². The first-order valence-electron chi connectivity index (χ1n) is 8.14. The number of benzene rings is 1. The van der Waals surface area contributed by atoms with E-state index in [1.807, 2.05) is 0 Å². The molecule has 138 valence electrons. The number of aromatic amines is 1. The molecule has 6 nitrogen and oxygen atoms in total. The lowest BCUT2D eigenvalue weighted by atomic mass is 10.1. The van der Waals surface area contributed by atoms with Crippen LogP contribution in [0.25, 0.3) is 22.3 Å². The molecule has 1 saturated carbocycles. The normalized spacial score (nSPS) is 13.7. The van der Waals surface area contributed by atoms with Crippen LogP contribution >= 0.6 is 35.4 Å². The zero-order chi connectivity index (χ0) is 19.3. The number of carbonyl (C=O) groups is 1. The summed E-state index contributed by atoms with van der Waals surface area (Å²) in [7, 11) is 1.26. The van der Waals surface area contributed by atoms with Gasteiger partial charge in [0.1, 0.15) is 5.65 Å². The summed E-state index contributed by atoms with van der Waals surface area (Å²) in [5.74, 6) is -0.631. The number of hydrogen-bond donors (Lipinski definition) is 1. The van der Waals surface area contributed by atoms with Gasteiger partial charge in [-0.05, 0) is 43.3 Å². The van der Waals surface area contributed by atoms with Crippen LogP contribution in [0.2, 0.25) is 10.0 Å². The molecule has 27 heavy (non-hydrogen) atoms. The fourth-order valence-corrected chi connectivity index (χ4v) is 3.62. The first-order valence-corrected chi connectivity index (χ1v) is 9.30. The number of carbonyl (C=O) groups excluding carboxylic acids is 1. The fourth-order valence-electron chi connectivity index (χ4n) is 2.99. The van der Waals surface area contributed by atoms with Crippen molar-refractivity contribution in [1.82, 2.24) is 14.5 Å². The molecule has 0 atom stereocenters. The fraction of sp³-hybridized carbons (Fsp3) is 0.222. The Morgan fingerprint density at radius 2 is 2.04 bits per heavy atom. The summed E-state index contributed by atoms with van der Waals surface area (Å²) in [6.45, 7) is 0. The quantitative estimate of drug-likeness (QED) is 0.495. The van der Waals surface area contributed by atoms with E-state index in [0.29, 0.717) is 26.9 Å². The Bertz CT molecular complexity index is 1210. The molecule has 3 aromatic rings. The predicted octanol–water partition coefficient (Wildman–Crippen LogP) is 4.55. The van der Waals surface area contributed by atoms with Gasteiger partial charge in [-0.2, -0.15) is 0 Å². The molecule has 9 heteroatoms. The Hall–Kier alpha value is -2.22. The molecule has 1 aliphatic carbocycles. The van der Waals surface area contributed by atoms with Crippen LogP contribution in [-0.4, -0.2) is 27.6 Å². The van der Waals surface area contributed by atoms with E-state index in [9.17, 15) is 9.59 Å². The maximum Gasteiger partial charge on any atom is 0.338 e. The van der Waals surface area contributed by atoms with Crippen LogP contribution in [0.1, 0.15) is 29.2 Å². The Labute approximate surface area is 168 Å². The van der Waals surface area contributed by atoms with Gasteiger partial charge in [-0.15, -0.1) is 0 Å². The van der Waals surface area contributed by atoms with E-state index in [2.05, 4.69) is 9.97 Å². The smallest absolute Gasteiger partial charge is 0.338 e. The van der Waals surface area contributed by atoms with Crippen molar-refractivity contribution in [2.24, 2.45) is 0 Å². The van der Waals surface area contributed by atoms with Gasteiger partial charge < -0.3 is 4.74 Å². The molecule has 1 aromatic carbocycles. The number of esters is 1. The molecule has 1 N–H and O–H groups in total. The van der Waals surface area contributed by atoms with Crippen LogP contribution in [-0.2, 0) is 4.74 Å². The van der Waals surface area contributed by atoms with Crippen molar-refractivity contribution in [3.63, 3.8) is 0 Å². The summed E-state index contributed by atoms with van der Waals surface area (Å²) in [5.41, 5.74) is 1.13. The SMILES string of the molecule is COC(=O)c1cc(-c2ccc(Cl)c(Cl)c2)nc2c1c(=O)[nH]c(=S)n2C1CC1. The topological polar surface area (TPSA) is 77.0 Å². The minimum Gasteiger partial charge on any atom is -0.465 e. The number of ether oxygens (including phenoxy) is 1. The van der Waals surface area contributed by atoms with Crippen molar-refractivity contribution in [2.45, 2.75) is 18.9 Å². The van der Waals surface area contributed by atoms with E-state index >= 15 is 0 Å². The van der Waals surface area contributed by atoms with Crippen LogP contribution in [0, 0.1) is 4.77 Å². The summed E-state index contributed by atoms with van der Waals surface area (Å²) in [4.78, 5) is 32.2. The number of nitrogens with zero attached hydrogens (tertiary/aromatic N) is 2. The first-order chi connectivity index (χ1) is 12.9. The standard InChI is InChI=1S/C18H13Cl2N3O3S/c1-26-17(25)10-7-13(8-2-5-11(19)12(20)6-8)21-15-14(10)16(24)22-18(27)23(15)9-3-4-9/h2,5-7,9H,3-4H2,1H3,(H,22,24,27). The summed E-state index contributed by atoms with van der Waals surface area (Å²) in [5, 5.41) is 0.929. The van der Waals surface area contributed by atoms with Gasteiger partial charge in [0.15, 0.2) is 4.77 Å². The minimum absolute atomic E-state index is 0.120. The molecule has 0 amide bonds. The number of pyridine rings is 1. The third kappa shape index (κ3) is 3.16. The van der Waals surface area contributed by atoms with Gasteiger partial charge in [-0.25, -0.2) is 9.78 Å². The molecule has 0 aliphatic heterocycles. The van der Waals surface area contributed by atoms with Crippen molar-refractivity contribution < 1.29 is 9.53 Å². The maximum absolute atomic E-state index is 12.6. The number of H-pyrrole nitrogens is 1. The Morgan fingerprint density at radius 3 is 2.67 bits per heavy atom. The highest BCUT2D eigenvalue weighted by atomic mass is 35.5. The highest BCUT2D eigenvalue weighted by molar-refractivity contribution is 7.71. The summed E-state index contributed by atoms with van der Waals surface area (Å²) >= 11 is 17.5. The predicted molar refractivity (Wildman–Crippen MR) is 106 cm³/mol. The molecule has 0 saturated heterocycles. The summed E-state index contributed by atoms with van der Waals surface area (Å²) in [6.07, 6.45) is 1.86. The molecule has 1 aliphatic rings. The van der Waals surface area contributed by atoms with Crippen LogP contribution in [0.15, 0.2) is 29.1 Å². The summed E-state index contributed by atoms with van der Waals surface area (Å²) < 4.78 is 6.95. The molecule has 2 heterocycles. The molecule has 0 spiro atoms. The lowest BCUT2D eigenvalue weighted by Crippen LogP contribution is -2.19. The number of methoxy groups -OCH3 is 1. The van der Waals surface area contributed by atoms with Gasteiger partial charge in [0.05, 0.1) is 33.8 Å². The lowest BCUT2D eigenvalue weighted by Gasteiger charge is -2.13. The van der Waals surface area contributed by atoms with Crippen LogP contribution in [0.4, 0.5) is 0 Å². The maximum atomic E-state index is 12.6. The zero-order valence-corrected chi connectivity index (χ0v) is 16.4. The number of aromatic nitrogens is 3. The highest BCUT2D eigenvalue weighted by Gasteiger charge is 2.28. The van der Waals surface area contributed by atoms with Gasteiger partial charge in [-0.1, -0.05) is 29.3 Å². The number of hydrogen-bond acceptors (Lipinski definition) is 5. The van der Waals surface area contributed by atoms with Crippen LogP contribution in [0.3, 0.4) is 0 Å². The molecule has 0 unspecified atom stereocenters. The van der Waals surface area contributed by atoms with Crippen molar-refractivity contribution >= 4 is 52.4 Å². The number of nitrogens with one attached hydrogen (secondary N) is 1. The second kappa shape index (κ2) is 6.74. The molecule has 0 bridgehead atoms. The number of fused-ring (bicyclic) bond motifs is 1. The average Bonchev–Trinajstić information content (AvgIpc) is 3.47. The van der Waals surface area contributed by atoms with Gasteiger partial charge in [-0.3, -0.25) is 14.3 Å². The van der Waals surface area contributed by atoms with Crippen LogP contribution in [0.5, 0.6) is 0 Å². The third-order valence-electron chi connectivity index (χ3n) is 4.43. The number of rotatable bonds is 3. The molecule has 4 rings (SSSR count). The van der Waals surface area contributed by atoms with E-state index in [-0.39, 0.29) is 21.8 Å². The van der Waals surface area contributed by atoms with E-state index in [4.69, 9.17) is 40.2 Å². The lowest BCUT2D eigenvalue weighted by molar-refractivity contribution is 0.0603. The van der Waals surface area contributed by atoms with E-state index < -0.39 is 11.5 Å². The van der Waals surface area contributed by atoms with E-state index in [1.165, 1.54) is 13.2 Å². The van der Waals surface area contributed by atoms with E-state index in [1.54, 1.807) is 22.8 Å². The Morgan fingerprint density at radius 1 is 1.30 bits per heavy atom. The van der Waals surface area contributed by atoms with E-state index in [0.717, 1.165) is 12.8 Å². The van der Waals surface area contributed by atoms with Crippen LogP contribution < -0.4 is 5.56 Å². The molecule has 2 aromatic heterocycles. The van der Waals surface area contributed by atoms with Gasteiger partial charge in [0.2, 0.25) is 0 Å². The molecular formula is C18H13Cl2N3O3S. The van der Waals surface area contributed by atoms with Crippen molar-refractivity contribution in [1.29, 1.82) is 0 Å². The number of halogens is 2. The second-order valence-corrected chi connectivity index (χ2v) is 7.44. The van der Waals surface area contributed by atoms with Gasteiger partial charge in [0, 0.05) is 11.6 Å². The van der Waals surface area contributed by atoms with Gasteiger partial charge in [0.25, 0.3) is 5.56 Å². The van der Waals surface area contributed by atoms with Gasteiger partial charge >= 0.3 is 5.97 Å². The minimum atomic E-state index is -0.631. The summed E-state index contributed by atoms with van der Waals surface area (Å²) in [6, 6.07) is 6.71. The largest absolute Gasteiger partial charge is 0.465 e. The van der Waals surface area contributed by atoms with Crippen molar-refractivity contribution in [2.75, 3.05) is 7.11 Å². The second-order valence-electron chi connectivity index (χ2n) is 6.23. The molecular weight excluding hydrogens is 409 g/mol. The monoisotopic (exact) mass is 421 g/mol. The molecule has 1 fully saturated rings. The average molecular weight is 422 g/mol. The van der Waals surface area contributed by atoms with Crippen molar-refractivity contribution in [3.05, 3.63) is 55.0 Å². The first kappa shape index (κ1) is 18.2. The third-order valence-corrected chi connectivity index (χ3v) is 5.47. The molecule has 0 radical (unpaired) electrons. The zero-order valence-electron chi connectivity index (χ0n) is 14.1. The Kier molecular flexibility index (Phi) is 4.53. The Balaban J connectivity index is 2.11. The highest BCUT2D eigenvalue weighted by Crippen LogP contribution is 2.37.